The van der Waals surface area contributed by atoms with Gasteiger partial charge in [0.25, 0.3) is 5.78 Å². The van der Waals surface area contributed by atoms with Crippen molar-refractivity contribution in [3.63, 3.8) is 0 Å². The molecule has 3 saturated carbocycles. The summed E-state index contributed by atoms with van der Waals surface area (Å²) in [4.78, 5) is 48.4. The predicted molar refractivity (Wildman–Crippen MR) is 107 cm³/mol. The highest BCUT2D eigenvalue weighted by molar-refractivity contribution is 6.37. The zero-order valence-corrected chi connectivity index (χ0v) is 18.1. The molecule has 0 amide bonds. The van der Waals surface area contributed by atoms with Crippen LogP contribution in [0.4, 0.5) is 4.39 Å². The zero-order chi connectivity index (χ0) is 23.9. The molecule has 3 N–H and O–H groups in total. The van der Waals surface area contributed by atoms with Gasteiger partial charge in [-0.05, 0) is 50.7 Å². The number of rotatable bonds is 3. The number of alkyl halides is 1. The van der Waals surface area contributed by atoms with E-state index in [0.717, 1.165) is 6.92 Å². The fraction of sp³-hybridized carbons (Fsp3) is 0.652. The van der Waals surface area contributed by atoms with Gasteiger partial charge in [-0.2, -0.15) is 0 Å². The molecule has 9 heteroatoms. The maximum atomic E-state index is 17.0. The zero-order valence-electron chi connectivity index (χ0n) is 18.1. The van der Waals surface area contributed by atoms with Crippen LogP contribution in [0.15, 0.2) is 23.8 Å². The third kappa shape index (κ3) is 2.49. The van der Waals surface area contributed by atoms with Crippen molar-refractivity contribution in [2.24, 2.45) is 22.7 Å². The minimum absolute atomic E-state index is 0.163. The van der Waals surface area contributed by atoms with Crippen LogP contribution in [0.1, 0.15) is 46.5 Å². The number of fused-ring (bicyclic) bond motifs is 5. The van der Waals surface area contributed by atoms with Crippen molar-refractivity contribution in [2.45, 2.75) is 69.9 Å². The summed E-state index contributed by atoms with van der Waals surface area (Å²) in [7, 11) is 0. The Labute approximate surface area is 184 Å². The quantitative estimate of drug-likeness (QED) is 0.432. The Bertz CT molecular complexity index is 986. The first-order chi connectivity index (χ1) is 14.8. The summed E-state index contributed by atoms with van der Waals surface area (Å²) in [5.41, 5.74) is -6.89. The lowest BCUT2D eigenvalue weighted by molar-refractivity contribution is -0.230. The minimum atomic E-state index is -2.44. The van der Waals surface area contributed by atoms with Gasteiger partial charge in [0.2, 0.25) is 5.60 Å². The van der Waals surface area contributed by atoms with Crippen molar-refractivity contribution in [3.8, 4) is 0 Å². The summed E-state index contributed by atoms with van der Waals surface area (Å²) >= 11 is 0. The van der Waals surface area contributed by atoms with Crippen molar-refractivity contribution in [3.05, 3.63) is 23.8 Å². The monoisotopic (exact) mass is 450 g/mol. The number of aliphatic hydroxyl groups excluding tert-OH is 2. The molecule has 8 atom stereocenters. The number of ketones is 2. The van der Waals surface area contributed by atoms with Crippen molar-refractivity contribution in [1.82, 2.24) is 0 Å². The van der Waals surface area contributed by atoms with Gasteiger partial charge in [0, 0.05) is 23.7 Å². The van der Waals surface area contributed by atoms with Gasteiger partial charge in [-0.15, -0.1) is 0 Å². The van der Waals surface area contributed by atoms with E-state index in [4.69, 9.17) is 4.74 Å². The molecule has 0 radical (unpaired) electrons. The van der Waals surface area contributed by atoms with E-state index >= 15 is 4.39 Å². The number of Topliss-reactive ketones (excluding diaryl/α,β-unsaturated/α-hetero) is 1. The molecule has 0 saturated heterocycles. The molecule has 4 aliphatic rings. The van der Waals surface area contributed by atoms with Gasteiger partial charge in [0.15, 0.2) is 11.5 Å². The first-order valence-electron chi connectivity index (χ1n) is 10.7. The number of halogens is 1. The van der Waals surface area contributed by atoms with Crippen LogP contribution in [0.3, 0.4) is 0 Å². The minimum Gasteiger partial charge on any atom is -0.475 e. The number of carboxylic acids is 1. The maximum Gasteiger partial charge on any atom is 0.376 e. The molecule has 0 aromatic carbocycles. The van der Waals surface area contributed by atoms with Crippen LogP contribution >= 0.6 is 0 Å². The van der Waals surface area contributed by atoms with Crippen molar-refractivity contribution in [2.75, 3.05) is 0 Å². The largest absolute Gasteiger partial charge is 0.475 e. The molecule has 0 aromatic rings. The molecule has 3 fully saturated rings. The van der Waals surface area contributed by atoms with Crippen molar-refractivity contribution >= 4 is 23.5 Å². The molecule has 0 aromatic heterocycles. The fourth-order valence-electron chi connectivity index (χ4n) is 7.24. The molecule has 8 nitrogen and oxygen atoms in total. The van der Waals surface area contributed by atoms with Gasteiger partial charge in [-0.1, -0.05) is 18.6 Å². The summed E-state index contributed by atoms with van der Waals surface area (Å²) < 4.78 is 22.3. The van der Waals surface area contributed by atoms with Crippen LogP contribution in [-0.2, 0) is 23.9 Å². The van der Waals surface area contributed by atoms with Crippen LogP contribution in [0.5, 0.6) is 0 Å². The van der Waals surface area contributed by atoms with E-state index in [9.17, 15) is 34.5 Å². The van der Waals surface area contributed by atoms with Crippen LogP contribution in [0.25, 0.3) is 0 Å². The third-order valence-electron chi connectivity index (χ3n) is 8.66. The molecule has 174 valence electrons. The molecule has 0 bridgehead atoms. The Morgan fingerprint density at radius 3 is 2.41 bits per heavy atom. The maximum absolute atomic E-state index is 17.0. The van der Waals surface area contributed by atoms with Crippen LogP contribution in [0.2, 0.25) is 0 Å². The molecular weight excluding hydrogens is 423 g/mol. The summed E-state index contributed by atoms with van der Waals surface area (Å²) in [5, 5.41) is 31.7. The Hall–Kier alpha value is -2.39. The normalized spacial score (nSPS) is 47.1. The predicted octanol–water partition coefficient (Wildman–Crippen LogP) is 1.28. The van der Waals surface area contributed by atoms with Gasteiger partial charge in [0.05, 0.1) is 6.10 Å². The second-order valence-electron chi connectivity index (χ2n) is 9.98. The molecule has 4 aliphatic carbocycles. The molecule has 32 heavy (non-hydrogen) atoms. The summed E-state index contributed by atoms with van der Waals surface area (Å²) in [6.07, 6.45) is 0.812. The lowest BCUT2D eigenvalue weighted by Gasteiger charge is -2.62. The Morgan fingerprint density at radius 1 is 1.16 bits per heavy atom. The van der Waals surface area contributed by atoms with Gasteiger partial charge >= 0.3 is 11.9 Å². The number of hydrogen-bond acceptors (Lipinski definition) is 7. The molecule has 0 spiro atoms. The number of aliphatic carboxylic acids is 1. The van der Waals surface area contributed by atoms with Gasteiger partial charge in [-0.3, -0.25) is 14.4 Å². The van der Waals surface area contributed by atoms with Crippen molar-refractivity contribution < 1.29 is 43.6 Å². The molecule has 0 aliphatic heterocycles. The highest BCUT2D eigenvalue weighted by Gasteiger charge is 2.78. The molecular formula is C23H27FO8. The van der Waals surface area contributed by atoms with Crippen molar-refractivity contribution in [1.29, 1.82) is 0 Å². The van der Waals surface area contributed by atoms with E-state index in [1.165, 1.54) is 25.2 Å². The van der Waals surface area contributed by atoms with Gasteiger partial charge < -0.3 is 20.1 Å². The molecule has 2 unspecified atom stereocenters. The van der Waals surface area contributed by atoms with Crippen LogP contribution in [-0.4, -0.2) is 62.3 Å². The number of ether oxygens (including phenoxy) is 1. The standard InChI is InChI=1S/C23H27FO8/c1-11(25)32-23(18(29)19(30)31)16(27)9-15-14-5-4-12-8-13(26)6-7-20(12,2)22(14,24)17(28)10-21(15,23)3/h6-8,14-17,27-28H,4-5,9-10H2,1-3H3,(H,30,31)/t14-,15-,16?,17?,20-,21-,22-,23-/m0/s1. The first-order valence-corrected chi connectivity index (χ1v) is 10.7. The average molecular weight is 450 g/mol. The Balaban J connectivity index is 1.88. The van der Waals surface area contributed by atoms with E-state index in [2.05, 4.69) is 0 Å². The van der Waals surface area contributed by atoms with Crippen LogP contribution < -0.4 is 0 Å². The van der Waals surface area contributed by atoms with E-state index in [1.807, 2.05) is 0 Å². The summed E-state index contributed by atoms with van der Waals surface area (Å²) in [5.74, 6) is -6.21. The number of carboxylic acid groups (broad SMARTS) is 1. The first kappa shape index (κ1) is 22.8. The Morgan fingerprint density at radius 2 is 1.81 bits per heavy atom. The van der Waals surface area contributed by atoms with E-state index in [0.29, 0.717) is 12.0 Å². The SMILES string of the molecule is CC(=O)O[C@]1(C(=O)C(=O)O)C(O)C[C@H]2[C@@H]3CCC4=CC(=O)C=C[C@]4(C)[C@@]3(F)C(O)C[C@@]21C. The molecule has 0 heterocycles. The second kappa shape index (κ2) is 6.81. The topological polar surface area (TPSA) is 138 Å². The lowest BCUT2D eigenvalue weighted by Crippen LogP contribution is -2.70. The average Bonchev–Trinajstić information content (AvgIpc) is 2.90. The number of carbonyl (C=O) groups excluding carboxylic acids is 3. The fourth-order valence-corrected chi connectivity index (χ4v) is 7.24. The number of hydrogen-bond donors (Lipinski definition) is 3. The molecule has 4 rings (SSSR count). The lowest BCUT2D eigenvalue weighted by atomic mass is 9.44. The van der Waals surface area contributed by atoms with E-state index < -0.39 is 70.3 Å². The highest BCUT2D eigenvalue weighted by Crippen LogP contribution is 2.70. The van der Waals surface area contributed by atoms with Gasteiger partial charge in [-0.25, -0.2) is 9.18 Å². The summed E-state index contributed by atoms with van der Waals surface area (Å²) in [6, 6.07) is 0. The van der Waals surface area contributed by atoms with E-state index in [-0.39, 0.29) is 18.6 Å². The number of carbonyl (C=O) groups is 4. The highest BCUT2D eigenvalue weighted by atomic mass is 19.1. The third-order valence-corrected chi connectivity index (χ3v) is 8.66. The number of esters is 1. The Kier molecular flexibility index (Phi) is 4.85. The number of allylic oxidation sites excluding steroid dienone is 4. The number of aliphatic hydroxyl groups is 2. The van der Waals surface area contributed by atoms with Gasteiger partial charge in [0.1, 0.15) is 6.10 Å². The van der Waals surface area contributed by atoms with E-state index in [1.54, 1.807) is 6.92 Å². The summed E-state index contributed by atoms with van der Waals surface area (Å²) in [6.45, 7) is 4.10. The van der Waals surface area contributed by atoms with Crippen LogP contribution in [0, 0.1) is 22.7 Å². The second-order valence-corrected chi connectivity index (χ2v) is 9.98. The smallest absolute Gasteiger partial charge is 0.376 e.